The van der Waals surface area contributed by atoms with Crippen LogP contribution in [0.2, 0.25) is 0 Å². The lowest BCUT2D eigenvalue weighted by Gasteiger charge is -2.36. The molecule has 0 bridgehead atoms. The lowest BCUT2D eigenvalue weighted by atomic mass is 10.2. The molecule has 1 aromatic heterocycles. The van der Waals surface area contributed by atoms with Gasteiger partial charge in [-0.2, -0.15) is 0 Å². The minimum Gasteiger partial charge on any atom is -0.508 e. The van der Waals surface area contributed by atoms with Gasteiger partial charge in [-0.15, -0.1) is 5.10 Å². The zero-order chi connectivity index (χ0) is 20.2. The number of phenols is 1. The van der Waals surface area contributed by atoms with Crippen molar-refractivity contribution in [2.75, 3.05) is 43.4 Å². The molecule has 0 unspecified atom stereocenters. The third-order valence-corrected chi connectivity index (χ3v) is 6.27. The lowest BCUT2D eigenvalue weighted by molar-refractivity contribution is -0.128. The van der Waals surface area contributed by atoms with Crippen molar-refractivity contribution in [3.05, 3.63) is 34.7 Å². The third kappa shape index (κ3) is 4.76. The van der Waals surface area contributed by atoms with E-state index in [0.29, 0.717) is 24.8 Å². The first-order valence-corrected chi connectivity index (χ1v) is 10.8. The number of carbonyl (C=O) groups is 1. The fourth-order valence-corrected chi connectivity index (χ4v) is 4.52. The van der Waals surface area contributed by atoms with Crippen LogP contribution in [0.25, 0.3) is 0 Å². The standard InChI is InChI=1S/C19H25N5O4S/c25-15-5-3-14(4-6-15)22-7-9-23(10-8-22)17(26)13-29-19-21-20-18(27)24(19)12-16-2-1-11-28-16/h3-6,16,25H,1-2,7-13H2,(H,20,27)/t16-/m0/s1. The molecule has 9 nitrogen and oxygen atoms in total. The smallest absolute Gasteiger partial charge is 0.344 e. The number of H-pyrrole nitrogens is 1. The molecule has 156 valence electrons. The molecule has 2 aromatic rings. The summed E-state index contributed by atoms with van der Waals surface area (Å²) < 4.78 is 7.17. The molecule has 3 heterocycles. The zero-order valence-electron chi connectivity index (χ0n) is 16.1. The lowest BCUT2D eigenvalue weighted by Crippen LogP contribution is -2.49. The van der Waals surface area contributed by atoms with Gasteiger partial charge in [0, 0.05) is 38.5 Å². The number of ether oxygens (including phenoxy) is 1. The van der Waals surface area contributed by atoms with Crippen molar-refractivity contribution in [2.45, 2.75) is 30.6 Å². The number of aromatic nitrogens is 3. The van der Waals surface area contributed by atoms with E-state index in [4.69, 9.17) is 4.74 Å². The first-order valence-electron chi connectivity index (χ1n) is 9.81. The molecule has 1 atom stereocenters. The van der Waals surface area contributed by atoms with Gasteiger partial charge in [0.15, 0.2) is 5.16 Å². The monoisotopic (exact) mass is 419 g/mol. The van der Waals surface area contributed by atoms with Crippen LogP contribution in [0.5, 0.6) is 5.75 Å². The first-order chi connectivity index (χ1) is 14.1. The molecule has 0 aliphatic carbocycles. The summed E-state index contributed by atoms with van der Waals surface area (Å²) in [5.41, 5.74) is 0.775. The maximum Gasteiger partial charge on any atom is 0.344 e. The molecule has 2 aliphatic rings. The number of nitrogens with one attached hydrogen (secondary N) is 1. The van der Waals surface area contributed by atoms with E-state index in [9.17, 15) is 14.7 Å². The molecule has 4 rings (SSSR count). The minimum atomic E-state index is -0.266. The molecule has 2 N–H and O–H groups in total. The summed E-state index contributed by atoms with van der Waals surface area (Å²) in [6, 6.07) is 7.11. The summed E-state index contributed by atoms with van der Waals surface area (Å²) in [6.45, 7) is 3.97. The van der Waals surface area contributed by atoms with E-state index in [1.165, 1.54) is 11.8 Å². The Morgan fingerprint density at radius 2 is 2.00 bits per heavy atom. The summed E-state index contributed by atoms with van der Waals surface area (Å²) in [6.07, 6.45) is 1.98. The van der Waals surface area contributed by atoms with Gasteiger partial charge in [-0.3, -0.25) is 9.36 Å². The second kappa shape index (κ2) is 8.91. The highest BCUT2D eigenvalue weighted by molar-refractivity contribution is 7.99. The van der Waals surface area contributed by atoms with Gasteiger partial charge in [0.2, 0.25) is 5.91 Å². The van der Waals surface area contributed by atoms with Crippen LogP contribution in [-0.4, -0.2) is 75.3 Å². The SMILES string of the molecule is O=C(CSc1n[nH]c(=O)n1C[C@@H]1CCCO1)N1CCN(c2ccc(O)cc2)CC1. The summed E-state index contributed by atoms with van der Waals surface area (Å²) in [5, 5.41) is 16.5. The Labute approximate surface area is 172 Å². The van der Waals surface area contributed by atoms with E-state index < -0.39 is 0 Å². The van der Waals surface area contributed by atoms with Crippen LogP contribution >= 0.6 is 11.8 Å². The molecule has 2 saturated heterocycles. The molecule has 29 heavy (non-hydrogen) atoms. The highest BCUT2D eigenvalue weighted by Crippen LogP contribution is 2.21. The number of hydrogen-bond acceptors (Lipinski definition) is 7. The number of piperazine rings is 1. The van der Waals surface area contributed by atoms with Crippen molar-refractivity contribution in [1.82, 2.24) is 19.7 Å². The van der Waals surface area contributed by atoms with Crippen LogP contribution in [0.3, 0.4) is 0 Å². The summed E-state index contributed by atoms with van der Waals surface area (Å²) in [5.74, 6) is 0.532. The number of aromatic hydroxyl groups is 1. The number of aromatic amines is 1. The van der Waals surface area contributed by atoms with Crippen LogP contribution in [0, 0.1) is 0 Å². The number of phenolic OH excluding ortho intramolecular Hbond substituents is 1. The highest BCUT2D eigenvalue weighted by Gasteiger charge is 2.23. The average molecular weight is 420 g/mol. The summed E-state index contributed by atoms with van der Waals surface area (Å²) in [7, 11) is 0. The molecule has 0 radical (unpaired) electrons. The van der Waals surface area contributed by atoms with Gasteiger partial charge in [-0.05, 0) is 37.1 Å². The molecule has 0 spiro atoms. The third-order valence-electron chi connectivity index (χ3n) is 5.31. The number of hydrogen-bond donors (Lipinski definition) is 2. The van der Waals surface area contributed by atoms with E-state index in [2.05, 4.69) is 15.1 Å². The first kappa shape index (κ1) is 19.8. The topological polar surface area (TPSA) is 104 Å². The molecule has 0 saturated carbocycles. The minimum absolute atomic E-state index is 0.0355. The van der Waals surface area contributed by atoms with Gasteiger partial charge in [-0.25, -0.2) is 9.89 Å². The van der Waals surface area contributed by atoms with Gasteiger partial charge < -0.3 is 19.6 Å². The normalized spacial score (nSPS) is 19.7. The molecular weight excluding hydrogens is 394 g/mol. The Hall–Kier alpha value is -2.46. The van der Waals surface area contributed by atoms with Crippen molar-refractivity contribution >= 4 is 23.4 Å². The molecule has 10 heteroatoms. The Balaban J connectivity index is 1.28. The largest absolute Gasteiger partial charge is 0.508 e. The molecule has 1 aromatic carbocycles. The number of thioether (sulfide) groups is 1. The Morgan fingerprint density at radius 1 is 1.24 bits per heavy atom. The molecule has 2 fully saturated rings. The van der Waals surface area contributed by atoms with Crippen LogP contribution in [0.1, 0.15) is 12.8 Å². The van der Waals surface area contributed by atoms with E-state index in [1.807, 2.05) is 17.0 Å². The van der Waals surface area contributed by atoms with Crippen molar-refractivity contribution in [2.24, 2.45) is 0 Å². The van der Waals surface area contributed by atoms with E-state index in [0.717, 1.165) is 38.2 Å². The second-order valence-electron chi connectivity index (χ2n) is 7.23. The van der Waals surface area contributed by atoms with Crippen LogP contribution < -0.4 is 10.6 Å². The Morgan fingerprint density at radius 3 is 2.69 bits per heavy atom. The maximum atomic E-state index is 12.6. The second-order valence-corrected chi connectivity index (χ2v) is 8.17. The van der Waals surface area contributed by atoms with Gasteiger partial charge in [0.05, 0.1) is 18.4 Å². The van der Waals surface area contributed by atoms with Gasteiger partial charge in [-0.1, -0.05) is 11.8 Å². The number of benzene rings is 1. The number of amides is 1. The van der Waals surface area contributed by atoms with Crippen molar-refractivity contribution < 1.29 is 14.6 Å². The fraction of sp³-hybridized carbons (Fsp3) is 0.526. The van der Waals surface area contributed by atoms with Gasteiger partial charge >= 0.3 is 5.69 Å². The van der Waals surface area contributed by atoms with E-state index >= 15 is 0 Å². The Kier molecular flexibility index (Phi) is 6.10. The number of rotatable bonds is 6. The fourth-order valence-electron chi connectivity index (χ4n) is 3.66. The highest BCUT2D eigenvalue weighted by atomic mass is 32.2. The zero-order valence-corrected chi connectivity index (χ0v) is 16.9. The predicted octanol–water partition coefficient (Wildman–Crippen LogP) is 0.897. The summed E-state index contributed by atoms with van der Waals surface area (Å²) in [4.78, 5) is 28.7. The van der Waals surface area contributed by atoms with E-state index in [1.54, 1.807) is 16.7 Å². The van der Waals surface area contributed by atoms with Crippen LogP contribution in [-0.2, 0) is 16.1 Å². The van der Waals surface area contributed by atoms with Crippen molar-refractivity contribution in [1.29, 1.82) is 0 Å². The number of carbonyl (C=O) groups excluding carboxylic acids is 1. The molecular formula is C19H25N5O4S. The van der Waals surface area contributed by atoms with Gasteiger partial charge in [0.1, 0.15) is 5.75 Å². The van der Waals surface area contributed by atoms with Crippen molar-refractivity contribution in [3.63, 3.8) is 0 Å². The maximum absolute atomic E-state index is 12.6. The van der Waals surface area contributed by atoms with Crippen molar-refractivity contribution in [3.8, 4) is 5.75 Å². The Bertz CT molecular complexity index is 883. The predicted molar refractivity (Wildman–Crippen MR) is 109 cm³/mol. The van der Waals surface area contributed by atoms with Gasteiger partial charge in [0.25, 0.3) is 0 Å². The van der Waals surface area contributed by atoms with E-state index in [-0.39, 0.29) is 29.2 Å². The number of anilines is 1. The number of nitrogens with zero attached hydrogens (tertiary/aromatic N) is 4. The van der Waals surface area contributed by atoms with Crippen LogP contribution in [0.15, 0.2) is 34.2 Å². The quantitative estimate of drug-likeness (QED) is 0.671. The molecule has 2 aliphatic heterocycles. The average Bonchev–Trinajstić information content (AvgIpc) is 3.38. The molecule has 1 amide bonds. The summed E-state index contributed by atoms with van der Waals surface area (Å²) >= 11 is 1.28. The van der Waals surface area contributed by atoms with Crippen LogP contribution in [0.4, 0.5) is 5.69 Å².